The van der Waals surface area contributed by atoms with Crippen LogP contribution in [0, 0.1) is 0 Å². The molecule has 0 heterocycles. The van der Waals surface area contributed by atoms with Crippen molar-refractivity contribution in [2.24, 2.45) is 5.84 Å². The summed E-state index contributed by atoms with van der Waals surface area (Å²) in [5, 5.41) is 0. The number of carbonyl (C=O) groups excluding carboxylic acids is 1. The molecule has 1 unspecified atom stereocenters. The lowest BCUT2D eigenvalue weighted by atomic mass is 9.99. The van der Waals surface area contributed by atoms with E-state index in [0.717, 1.165) is 21.3 Å². The lowest BCUT2D eigenvalue weighted by Crippen LogP contribution is -2.33. The van der Waals surface area contributed by atoms with Crippen molar-refractivity contribution in [2.45, 2.75) is 19.4 Å². The zero-order chi connectivity index (χ0) is 15.2. The van der Waals surface area contributed by atoms with Gasteiger partial charge in [-0.05, 0) is 36.2 Å². The van der Waals surface area contributed by atoms with E-state index in [1.54, 1.807) is 0 Å². The smallest absolute Gasteiger partial charge is 0.241 e. The molecule has 1 atom stereocenters. The van der Waals surface area contributed by atoms with Crippen LogP contribution in [0.1, 0.15) is 24.0 Å². The SMILES string of the molecule is CC(C(=O)NN)c1ccc(COc2cccc(Br)c2)cc1. The third kappa shape index (κ3) is 4.31. The van der Waals surface area contributed by atoms with E-state index in [-0.39, 0.29) is 11.8 Å². The highest BCUT2D eigenvalue weighted by molar-refractivity contribution is 9.10. The molecule has 0 saturated heterocycles. The van der Waals surface area contributed by atoms with Gasteiger partial charge in [0.1, 0.15) is 12.4 Å². The lowest BCUT2D eigenvalue weighted by Gasteiger charge is -2.11. The number of amides is 1. The van der Waals surface area contributed by atoms with Gasteiger partial charge >= 0.3 is 0 Å². The van der Waals surface area contributed by atoms with Crippen LogP contribution in [0.4, 0.5) is 0 Å². The van der Waals surface area contributed by atoms with Crippen LogP contribution >= 0.6 is 15.9 Å². The van der Waals surface area contributed by atoms with E-state index in [1.807, 2.05) is 55.5 Å². The molecule has 5 heteroatoms. The third-order valence-corrected chi connectivity index (χ3v) is 3.71. The van der Waals surface area contributed by atoms with Crippen molar-refractivity contribution in [1.29, 1.82) is 0 Å². The minimum atomic E-state index is -0.268. The number of benzene rings is 2. The summed E-state index contributed by atoms with van der Waals surface area (Å²) in [6.45, 7) is 2.30. The summed E-state index contributed by atoms with van der Waals surface area (Å²) in [4.78, 5) is 11.5. The molecule has 2 aromatic carbocycles. The summed E-state index contributed by atoms with van der Waals surface area (Å²) in [6, 6.07) is 15.4. The number of hydrogen-bond donors (Lipinski definition) is 2. The van der Waals surface area contributed by atoms with E-state index in [9.17, 15) is 4.79 Å². The molecule has 0 fully saturated rings. The maximum atomic E-state index is 11.5. The zero-order valence-corrected chi connectivity index (χ0v) is 13.3. The van der Waals surface area contributed by atoms with Gasteiger partial charge in [0, 0.05) is 4.47 Å². The predicted molar refractivity (Wildman–Crippen MR) is 85.7 cm³/mol. The molecule has 0 bridgehead atoms. The van der Waals surface area contributed by atoms with Crippen molar-refractivity contribution in [3.63, 3.8) is 0 Å². The molecule has 21 heavy (non-hydrogen) atoms. The highest BCUT2D eigenvalue weighted by Gasteiger charge is 2.13. The number of halogens is 1. The molecule has 0 saturated carbocycles. The van der Waals surface area contributed by atoms with Gasteiger partial charge < -0.3 is 4.74 Å². The molecular formula is C16H17BrN2O2. The average Bonchev–Trinajstić information content (AvgIpc) is 2.52. The van der Waals surface area contributed by atoms with Crippen LogP contribution in [0.3, 0.4) is 0 Å². The van der Waals surface area contributed by atoms with Crippen molar-refractivity contribution >= 4 is 21.8 Å². The second kappa shape index (κ2) is 7.24. The first-order valence-electron chi connectivity index (χ1n) is 6.58. The van der Waals surface area contributed by atoms with E-state index in [1.165, 1.54) is 0 Å². The Morgan fingerprint density at radius 3 is 2.62 bits per heavy atom. The van der Waals surface area contributed by atoms with Gasteiger partial charge in [0.2, 0.25) is 5.91 Å². The maximum absolute atomic E-state index is 11.5. The average molecular weight is 349 g/mol. The molecule has 0 radical (unpaired) electrons. The topological polar surface area (TPSA) is 64.4 Å². The number of hydrogen-bond acceptors (Lipinski definition) is 3. The van der Waals surface area contributed by atoms with Gasteiger partial charge in [-0.2, -0.15) is 0 Å². The van der Waals surface area contributed by atoms with E-state index in [4.69, 9.17) is 10.6 Å². The summed E-state index contributed by atoms with van der Waals surface area (Å²) >= 11 is 3.41. The standard InChI is InChI=1S/C16H17BrN2O2/c1-11(16(20)19-18)13-7-5-12(6-8-13)10-21-15-4-2-3-14(17)9-15/h2-9,11H,10,18H2,1H3,(H,19,20). The third-order valence-electron chi connectivity index (χ3n) is 3.22. The van der Waals surface area contributed by atoms with Crippen LogP contribution in [-0.2, 0) is 11.4 Å². The quantitative estimate of drug-likeness (QED) is 0.495. The van der Waals surface area contributed by atoms with E-state index in [0.29, 0.717) is 6.61 Å². The molecule has 110 valence electrons. The first-order valence-corrected chi connectivity index (χ1v) is 7.37. The van der Waals surface area contributed by atoms with E-state index in [2.05, 4.69) is 21.4 Å². The Kier molecular flexibility index (Phi) is 5.36. The van der Waals surface area contributed by atoms with Crippen LogP contribution in [0.25, 0.3) is 0 Å². The first-order chi connectivity index (χ1) is 10.1. The zero-order valence-electron chi connectivity index (χ0n) is 11.7. The minimum Gasteiger partial charge on any atom is -0.489 e. The molecule has 0 aromatic heterocycles. The number of ether oxygens (including phenoxy) is 1. The molecule has 4 nitrogen and oxygen atoms in total. The highest BCUT2D eigenvalue weighted by atomic mass is 79.9. The van der Waals surface area contributed by atoms with Crippen LogP contribution in [-0.4, -0.2) is 5.91 Å². The summed E-state index contributed by atoms with van der Waals surface area (Å²) in [6.07, 6.45) is 0. The number of rotatable bonds is 5. The Morgan fingerprint density at radius 1 is 1.29 bits per heavy atom. The Morgan fingerprint density at radius 2 is 2.00 bits per heavy atom. The van der Waals surface area contributed by atoms with Crippen molar-refractivity contribution in [3.05, 3.63) is 64.1 Å². The summed E-state index contributed by atoms with van der Waals surface area (Å²) in [7, 11) is 0. The Hall–Kier alpha value is -1.85. The molecule has 0 spiro atoms. The fourth-order valence-electron chi connectivity index (χ4n) is 1.90. The second-order valence-electron chi connectivity index (χ2n) is 4.72. The summed E-state index contributed by atoms with van der Waals surface area (Å²) < 4.78 is 6.70. The van der Waals surface area contributed by atoms with Crippen LogP contribution < -0.4 is 16.0 Å². The van der Waals surface area contributed by atoms with E-state index >= 15 is 0 Å². The fourth-order valence-corrected chi connectivity index (χ4v) is 2.28. The van der Waals surface area contributed by atoms with Crippen molar-refractivity contribution in [1.82, 2.24) is 5.43 Å². The van der Waals surface area contributed by atoms with Crippen LogP contribution in [0.2, 0.25) is 0 Å². The van der Waals surface area contributed by atoms with Crippen molar-refractivity contribution in [2.75, 3.05) is 0 Å². The molecule has 0 aliphatic heterocycles. The van der Waals surface area contributed by atoms with Crippen LogP contribution in [0.15, 0.2) is 53.0 Å². The number of nitrogens with one attached hydrogen (secondary N) is 1. The predicted octanol–water partition coefficient (Wildman–Crippen LogP) is 3.12. The van der Waals surface area contributed by atoms with Gasteiger partial charge in [0.15, 0.2) is 0 Å². The van der Waals surface area contributed by atoms with Gasteiger partial charge in [-0.3, -0.25) is 10.2 Å². The summed E-state index contributed by atoms with van der Waals surface area (Å²) in [5.41, 5.74) is 4.12. The van der Waals surface area contributed by atoms with Crippen molar-refractivity contribution < 1.29 is 9.53 Å². The molecule has 0 aliphatic carbocycles. The molecule has 2 aromatic rings. The number of hydrazine groups is 1. The van der Waals surface area contributed by atoms with Gasteiger partial charge in [-0.25, -0.2) is 5.84 Å². The normalized spacial score (nSPS) is 11.8. The lowest BCUT2D eigenvalue weighted by molar-refractivity contribution is -0.122. The minimum absolute atomic E-state index is 0.201. The van der Waals surface area contributed by atoms with Gasteiger partial charge in [0.05, 0.1) is 5.92 Å². The molecule has 1 amide bonds. The Labute approximate surface area is 132 Å². The second-order valence-corrected chi connectivity index (χ2v) is 5.63. The Bertz CT molecular complexity index is 614. The van der Waals surface area contributed by atoms with Crippen molar-refractivity contribution in [3.8, 4) is 5.75 Å². The Balaban J connectivity index is 1.98. The van der Waals surface area contributed by atoms with Gasteiger partial charge in [-0.1, -0.05) is 46.3 Å². The monoisotopic (exact) mass is 348 g/mol. The van der Waals surface area contributed by atoms with Gasteiger partial charge in [0.25, 0.3) is 0 Å². The molecular weight excluding hydrogens is 332 g/mol. The highest BCUT2D eigenvalue weighted by Crippen LogP contribution is 2.20. The van der Waals surface area contributed by atoms with Crippen LogP contribution in [0.5, 0.6) is 5.75 Å². The summed E-state index contributed by atoms with van der Waals surface area (Å²) in [5.74, 6) is 5.48. The largest absolute Gasteiger partial charge is 0.489 e. The van der Waals surface area contributed by atoms with E-state index < -0.39 is 0 Å². The fraction of sp³-hybridized carbons (Fsp3) is 0.188. The maximum Gasteiger partial charge on any atom is 0.241 e. The van der Waals surface area contributed by atoms with Gasteiger partial charge in [-0.15, -0.1) is 0 Å². The number of carbonyl (C=O) groups is 1. The molecule has 3 N–H and O–H groups in total. The molecule has 2 rings (SSSR count). The first kappa shape index (κ1) is 15.5. The molecule has 0 aliphatic rings. The number of nitrogens with two attached hydrogens (primary N) is 1.